The monoisotopic (exact) mass is 217 g/mol. The van der Waals surface area contributed by atoms with Crippen LogP contribution in [0.3, 0.4) is 0 Å². The van der Waals surface area contributed by atoms with E-state index in [1.54, 1.807) is 12.5 Å². The highest BCUT2D eigenvalue weighted by Gasteiger charge is 2.16. The molecule has 0 amide bonds. The van der Waals surface area contributed by atoms with E-state index < -0.39 is 0 Å². The molecule has 0 atom stereocenters. The molecule has 1 aliphatic carbocycles. The zero-order valence-corrected chi connectivity index (χ0v) is 8.64. The van der Waals surface area contributed by atoms with Crippen LogP contribution in [0, 0.1) is 0 Å². The van der Waals surface area contributed by atoms with E-state index in [2.05, 4.69) is 15.0 Å². The van der Waals surface area contributed by atoms with Crippen LogP contribution in [-0.4, -0.2) is 33.8 Å². The van der Waals surface area contributed by atoms with Crippen molar-refractivity contribution in [3.05, 3.63) is 30.4 Å². The number of H-pyrrole nitrogens is 1. The van der Waals surface area contributed by atoms with Crippen LogP contribution < -0.4 is 0 Å². The number of aromatic nitrogens is 2. The van der Waals surface area contributed by atoms with Crippen LogP contribution in [0.1, 0.15) is 12.1 Å². The Labute approximate surface area is 92.3 Å². The molecule has 5 nitrogen and oxygen atoms in total. The zero-order valence-electron chi connectivity index (χ0n) is 8.64. The summed E-state index contributed by atoms with van der Waals surface area (Å²) in [5.41, 5.74) is 1.32. The SMILES string of the molecule is O=C1C=CC(=O)C(=NCCc2cnc[nH]2)C1. The van der Waals surface area contributed by atoms with Gasteiger partial charge in [-0.1, -0.05) is 0 Å². The third-order valence-electron chi connectivity index (χ3n) is 2.29. The van der Waals surface area contributed by atoms with Gasteiger partial charge in [-0.25, -0.2) is 4.98 Å². The molecule has 82 valence electrons. The molecule has 5 heteroatoms. The molecule has 1 aromatic heterocycles. The lowest BCUT2D eigenvalue weighted by Crippen LogP contribution is -2.20. The third kappa shape index (κ3) is 2.50. The van der Waals surface area contributed by atoms with Gasteiger partial charge in [-0.15, -0.1) is 0 Å². The van der Waals surface area contributed by atoms with Crippen molar-refractivity contribution in [1.82, 2.24) is 9.97 Å². The van der Waals surface area contributed by atoms with Gasteiger partial charge in [-0.3, -0.25) is 14.6 Å². The van der Waals surface area contributed by atoms with Crippen LogP contribution in [-0.2, 0) is 16.0 Å². The molecule has 0 aromatic carbocycles. The van der Waals surface area contributed by atoms with Gasteiger partial charge in [0.05, 0.1) is 18.5 Å². The van der Waals surface area contributed by atoms with Crippen LogP contribution in [0.4, 0.5) is 0 Å². The first-order valence-corrected chi connectivity index (χ1v) is 5.01. The largest absolute Gasteiger partial charge is 0.348 e. The number of aliphatic imine (C=N–C) groups is 1. The highest BCUT2D eigenvalue weighted by atomic mass is 16.1. The van der Waals surface area contributed by atoms with Crippen LogP contribution in [0.2, 0.25) is 0 Å². The number of hydrogen-bond donors (Lipinski definition) is 1. The molecular formula is C11H11N3O2. The molecule has 0 fully saturated rings. The Kier molecular flexibility index (Phi) is 3.05. The highest BCUT2D eigenvalue weighted by molar-refractivity contribution is 6.49. The second-order valence-corrected chi connectivity index (χ2v) is 3.50. The van der Waals surface area contributed by atoms with Gasteiger partial charge in [0.2, 0.25) is 0 Å². The van der Waals surface area contributed by atoms with Gasteiger partial charge in [0, 0.05) is 24.9 Å². The number of hydrogen-bond acceptors (Lipinski definition) is 4. The number of carbonyl (C=O) groups excluding carboxylic acids is 2. The second kappa shape index (κ2) is 4.65. The minimum Gasteiger partial charge on any atom is -0.348 e. The van der Waals surface area contributed by atoms with Gasteiger partial charge >= 0.3 is 0 Å². The maximum absolute atomic E-state index is 11.3. The number of carbonyl (C=O) groups is 2. The Morgan fingerprint density at radius 2 is 2.25 bits per heavy atom. The summed E-state index contributed by atoms with van der Waals surface area (Å²) in [6, 6.07) is 0. The number of nitrogens with one attached hydrogen (secondary N) is 1. The van der Waals surface area contributed by atoms with Gasteiger partial charge in [0.15, 0.2) is 11.6 Å². The standard InChI is InChI=1S/C11H11N3O2/c15-9-1-2-11(16)10(5-9)13-4-3-8-6-12-7-14-8/h1-2,6-7H,3-5H2,(H,12,14). The first kappa shape index (κ1) is 10.5. The van der Waals surface area contributed by atoms with E-state index >= 15 is 0 Å². The smallest absolute Gasteiger partial charge is 0.200 e. The summed E-state index contributed by atoms with van der Waals surface area (Å²) in [4.78, 5) is 33.4. The van der Waals surface area contributed by atoms with Crippen LogP contribution in [0.15, 0.2) is 29.7 Å². The fraction of sp³-hybridized carbons (Fsp3) is 0.273. The van der Waals surface area contributed by atoms with E-state index in [9.17, 15) is 9.59 Å². The number of ketones is 2. The summed E-state index contributed by atoms with van der Waals surface area (Å²) in [5, 5.41) is 0. The molecule has 0 spiro atoms. The Balaban J connectivity index is 1.94. The van der Waals surface area contributed by atoms with Crippen molar-refractivity contribution in [2.24, 2.45) is 4.99 Å². The fourth-order valence-corrected chi connectivity index (χ4v) is 1.44. The quantitative estimate of drug-likeness (QED) is 0.800. The molecule has 1 aliphatic rings. The van der Waals surface area contributed by atoms with E-state index in [0.29, 0.717) is 18.7 Å². The predicted octanol–water partition coefficient (Wildman–Crippen LogP) is 0.491. The zero-order chi connectivity index (χ0) is 11.4. The lowest BCUT2D eigenvalue weighted by atomic mass is 10.0. The van der Waals surface area contributed by atoms with Crippen molar-refractivity contribution in [3.63, 3.8) is 0 Å². The van der Waals surface area contributed by atoms with E-state index in [4.69, 9.17) is 0 Å². The molecule has 0 unspecified atom stereocenters. The molecule has 1 heterocycles. The van der Waals surface area contributed by atoms with Crippen molar-refractivity contribution >= 4 is 17.3 Å². The van der Waals surface area contributed by atoms with Gasteiger partial charge in [-0.2, -0.15) is 0 Å². The van der Waals surface area contributed by atoms with Crippen molar-refractivity contribution in [3.8, 4) is 0 Å². The molecule has 0 radical (unpaired) electrons. The lowest BCUT2D eigenvalue weighted by molar-refractivity contribution is -0.116. The second-order valence-electron chi connectivity index (χ2n) is 3.50. The van der Waals surface area contributed by atoms with Crippen LogP contribution >= 0.6 is 0 Å². The predicted molar refractivity (Wildman–Crippen MR) is 58.4 cm³/mol. The number of nitrogens with zero attached hydrogens (tertiary/aromatic N) is 2. The molecule has 16 heavy (non-hydrogen) atoms. The topological polar surface area (TPSA) is 75.2 Å². The third-order valence-corrected chi connectivity index (χ3v) is 2.29. The average molecular weight is 217 g/mol. The van der Waals surface area contributed by atoms with Crippen molar-refractivity contribution in [2.45, 2.75) is 12.8 Å². The Bertz CT molecular complexity index is 458. The van der Waals surface area contributed by atoms with Crippen LogP contribution in [0.5, 0.6) is 0 Å². The van der Waals surface area contributed by atoms with Gasteiger partial charge in [0.25, 0.3) is 0 Å². The lowest BCUT2D eigenvalue weighted by Gasteiger charge is -2.04. The maximum Gasteiger partial charge on any atom is 0.200 e. The normalized spacial score (nSPS) is 18.4. The molecule has 1 N–H and O–H groups in total. The van der Waals surface area contributed by atoms with Gasteiger partial charge in [0.1, 0.15) is 0 Å². The number of rotatable bonds is 3. The molecule has 1 aromatic rings. The fourth-order valence-electron chi connectivity index (χ4n) is 1.44. The summed E-state index contributed by atoms with van der Waals surface area (Å²) in [6.07, 6.45) is 6.71. The summed E-state index contributed by atoms with van der Waals surface area (Å²) < 4.78 is 0. The van der Waals surface area contributed by atoms with Gasteiger partial charge < -0.3 is 4.98 Å². The highest BCUT2D eigenvalue weighted by Crippen LogP contribution is 2.02. The molecular weight excluding hydrogens is 206 g/mol. The summed E-state index contributed by atoms with van der Waals surface area (Å²) in [5.74, 6) is -0.232. The molecule has 0 saturated heterocycles. The number of allylic oxidation sites excluding steroid dienone is 2. The van der Waals surface area contributed by atoms with E-state index in [-0.39, 0.29) is 18.0 Å². The maximum atomic E-state index is 11.3. The van der Waals surface area contributed by atoms with Crippen molar-refractivity contribution < 1.29 is 9.59 Å². The van der Waals surface area contributed by atoms with Gasteiger partial charge in [-0.05, 0) is 12.2 Å². The summed E-state index contributed by atoms with van der Waals surface area (Å²) >= 11 is 0. The van der Waals surface area contributed by atoms with Crippen molar-refractivity contribution in [1.29, 1.82) is 0 Å². The minimum atomic E-state index is -0.163. The molecule has 0 saturated carbocycles. The Morgan fingerprint density at radius 1 is 1.38 bits per heavy atom. The Hall–Kier alpha value is -2.04. The van der Waals surface area contributed by atoms with Crippen LogP contribution in [0.25, 0.3) is 0 Å². The van der Waals surface area contributed by atoms with E-state index in [1.165, 1.54) is 12.2 Å². The molecule has 0 aliphatic heterocycles. The van der Waals surface area contributed by atoms with E-state index in [0.717, 1.165) is 5.69 Å². The summed E-state index contributed by atoms with van der Waals surface area (Å²) in [6.45, 7) is 0.490. The Morgan fingerprint density at radius 3 is 3.00 bits per heavy atom. The number of aromatic amines is 1. The minimum absolute atomic E-state index is 0.0695. The average Bonchev–Trinajstić information content (AvgIpc) is 2.76. The summed E-state index contributed by atoms with van der Waals surface area (Å²) in [7, 11) is 0. The first-order valence-electron chi connectivity index (χ1n) is 5.01. The molecule has 0 bridgehead atoms. The number of imidazole rings is 1. The van der Waals surface area contributed by atoms with Crippen molar-refractivity contribution in [2.75, 3.05) is 6.54 Å². The first-order chi connectivity index (χ1) is 7.75. The van der Waals surface area contributed by atoms with E-state index in [1.807, 2.05) is 0 Å². The molecule has 2 rings (SSSR count).